The molecule has 2 aromatic carbocycles. The van der Waals surface area contributed by atoms with Gasteiger partial charge in [-0.1, -0.05) is 12.1 Å². The van der Waals surface area contributed by atoms with Crippen LogP contribution in [0.1, 0.15) is 16.7 Å². The fourth-order valence-corrected chi connectivity index (χ4v) is 3.15. The molecule has 2 heterocycles. The van der Waals surface area contributed by atoms with E-state index in [-0.39, 0.29) is 18.3 Å². The van der Waals surface area contributed by atoms with Gasteiger partial charge in [0.05, 0.1) is 30.1 Å². The molecular formula is C21H20FN5O. The normalized spacial score (nSPS) is 11.1. The van der Waals surface area contributed by atoms with Gasteiger partial charge in [-0.05, 0) is 54.8 Å². The van der Waals surface area contributed by atoms with Crippen molar-refractivity contribution in [3.8, 4) is 0 Å². The number of carbonyl (C=O) groups excluding carboxylic acids is 1. The summed E-state index contributed by atoms with van der Waals surface area (Å²) in [5, 5.41) is 7.10. The summed E-state index contributed by atoms with van der Waals surface area (Å²) in [5.74, 6) is 0.0805. The second-order valence-electron chi connectivity index (χ2n) is 6.85. The average Bonchev–Trinajstić information content (AvgIpc) is 3.23. The van der Waals surface area contributed by atoms with Crippen LogP contribution in [0.4, 0.5) is 10.2 Å². The largest absolute Gasteiger partial charge is 0.321 e. The van der Waals surface area contributed by atoms with E-state index in [1.807, 2.05) is 36.6 Å². The van der Waals surface area contributed by atoms with Crippen molar-refractivity contribution in [2.75, 3.05) is 5.32 Å². The van der Waals surface area contributed by atoms with Crippen LogP contribution < -0.4 is 5.32 Å². The lowest BCUT2D eigenvalue weighted by Crippen LogP contribution is -2.20. The summed E-state index contributed by atoms with van der Waals surface area (Å²) in [6, 6.07) is 12.1. The Morgan fingerprint density at radius 1 is 1.14 bits per heavy atom. The summed E-state index contributed by atoms with van der Waals surface area (Å²) in [5.41, 5.74) is 4.88. The first-order valence-corrected chi connectivity index (χ1v) is 8.98. The Hall–Kier alpha value is -3.48. The molecule has 0 aliphatic rings. The van der Waals surface area contributed by atoms with Crippen molar-refractivity contribution in [1.82, 2.24) is 19.3 Å². The number of hydrogen-bond acceptors (Lipinski definition) is 3. The Bertz CT molecular complexity index is 1160. The van der Waals surface area contributed by atoms with Gasteiger partial charge in [-0.2, -0.15) is 5.10 Å². The van der Waals surface area contributed by atoms with E-state index in [0.717, 1.165) is 22.2 Å². The van der Waals surface area contributed by atoms with E-state index in [2.05, 4.69) is 15.4 Å². The number of aryl methyl sites for hydroxylation is 2. The molecule has 0 fully saturated rings. The Balaban J connectivity index is 1.49. The van der Waals surface area contributed by atoms with Gasteiger partial charge in [0.25, 0.3) is 0 Å². The molecular weight excluding hydrogens is 357 g/mol. The van der Waals surface area contributed by atoms with E-state index < -0.39 is 0 Å². The maximum Gasteiger partial charge on any atom is 0.245 e. The van der Waals surface area contributed by atoms with E-state index in [1.165, 1.54) is 17.7 Å². The van der Waals surface area contributed by atoms with Crippen LogP contribution in [0.3, 0.4) is 0 Å². The number of carbonyl (C=O) groups is 1. The third-order valence-corrected chi connectivity index (χ3v) is 4.76. The number of amides is 1. The summed E-state index contributed by atoms with van der Waals surface area (Å²) < 4.78 is 16.8. The first kappa shape index (κ1) is 17.9. The van der Waals surface area contributed by atoms with Crippen LogP contribution in [0, 0.1) is 19.7 Å². The Morgan fingerprint density at radius 3 is 2.79 bits per heavy atom. The van der Waals surface area contributed by atoms with Crippen molar-refractivity contribution in [2.45, 2.75) is 26.9 Å². The third-order valence-electron chi connectivity index (χ3n) is 4.76. The fourth-order valence-electron chi connectivity index (χ4n) is 3.15. The van der Waals surface area contributed by atoms with Crippen molar-refractivity contribution in [3.63, 3.8) is 0 Å². The van der Waals surface area contributed by atoms with E-state index in [4.69, 9.17) is 0 Å². The van der Waals surface area contributed by atoms with Crippen LogP contribution >= 0.6 is 0 Å². The molecule has 0 saturated heterocycles. The molecule has 0 atom stereocenters. The number of hydrogen-bond donors (Lipinski definition) is 1. The van der Waals surface area contributed by atoms with E-state index in [1.54, 1.807) is 29.3 Å². The molecule has 4 rings (SSSR count). The molecule has 0 aliphatic carbocycles. The highest BCUT2D eigenvalue weighted by atomic mass is 19.1. The number of halogens is 1. The van der Waals surface area contributed by atoms with Crippen molar-refractivity contribution in [2.24, 2.45) is 0 Å². The standard InChI is InChI=1S/C21H20FN5O/c1-14-8-18-19(9-15(14)2)26(13-23-18)12-21(28)25-20-6-7-24-27(20)11-16-4-3-5-17(22)10-16/h3-10,13H,11-12H2,1-2H3,(H,25,28). The maximum atomic E-state index is 13.4. The lowest BCUT2D eigenvalue weighted by atomic mass is 10.1. The number of nitrogens with zero attached hydrogens (tertiary/aromatic N) is 4. The Kier molecular flexibility index (Phi) is 4.65. The van der Waals surface area contributed by atoms with Gasteiger partial charge in [-0.25, -0.2) is 14.1 Å². The van der Waals surface area contributed by atoms with Gasteiger partial charge in [0.2, 0.25) is 5.91 Å². The predicted molar refractivity (Wildman–Crippen MR) is 106 cm³/mol. The SMILES string of the molecule is Cc1cc2ncn(CC(=O)Nc3ccnn3Cc3cccc(F)c3)c2cc1C. The Morgan fingerprint density at radius 2 is 1.96 bits per heavy atom. The summed E-state index contributed by atoms with van der Waals surface area (Å²) in [6.07, 6.45) is 3.28. The molecule has 1 N–H and O–H groups in total. The van der Waals surface area contributed by atoms with Gasteiger partial charge in [0, 0.05) is 6.07 Å². The second-order valence-corrected chi connectivity index (χ2v) is 6.85. The van der Waals surface area contributed by atoms with Crippen molar-refractivity contribution < 1.29 is 9.18 Å². The molecule has 28 heavy (non-hydrogen) atoms. The number of imidazole rings is 1. The van der Waals surface area contributed by atoms with E-state index in [9.17, 15) is 9.18 Å². The van der Waals surface area contributed by atoms with Gasteiger partial charge in [-0.15, -0.1) is 0 Å². The minimum atomic E-state index is -0.298. The number of rotatable bonds is 5. The van der Waals surface area contributed by atoms with Crippen molar-refractivity contribution in [3.05, 3.63) is 77.5 Å². The Labute approximate surface area is 161 Å². The summed E-state index contributed by atoms with van der Waals surface area (Å²) in [4.78, 5) is 17.0. The molecule has 7 heteroatoms. The fraction of sp³-hybridized carbons (Fsp3) is 0.190. The molecule has 4 aromatic rings. The molecule has 0 spiro atoms. The predicted octanol–water partition coefficient (Wildman–Crippen LogP) is 3.68. The topological polar surface area (TPSA) is 64.7 Å². The first-order chi connectivity index (χ1) is 13.5. The van der Waals surface area contributed by atoms with Crippen LogP contribution in [0.15, 0.2) is 55.0 Å². The van der Waals surface area contributed by atoms with Crippen LogP contribution in [0.5, 0.6) is 0 Å². The number of aromatic nitrogens is 4. The van der Waals surface area contributed by atoms with Gasteiger partial charge in [0.1, 0.15) is 18.2 Å². The van der Waals surface area contributed by atoms with Crippen LogP contribution in [-0.2, 0) is 17.9 Å². The minimum absolute atomic E-state index is 0.143. The third kappa shape index (κ3) is 3.64. The maximum absolute atomic E-state index is 13.4. The smallest absolute Gasteiger partial charge is 0.245 e. The van der Waals surface area contributed by atoms with Gasteiger partial charge in [-0.3, -0.25) is 4.79 Å². The van der Waals surface area contributed by atoms with Gasteiger partial charge in [0.15, 0.2) is 0 Å². The highest BCUT2D eigenvalue weighted by Crippen LogP contribution is 2.18. The molecule has 0 aliphatic heterocycles. The van der Waals surface area contributed by atoms with Gasteiger partial charge < -0.3 is 9.88 Å². The highest BCUT2D eigenvalue weighted by Gasteiger charge is 2.11. The van der Waals surface area contributed by atoms with E-state index in [0.29, 0.717) is 12.4 Å². The zero-order valence-corrected chi connectivity index (χ0v) is 15.7. The molecule has 6 nitrogen and oxygen atoms in total. The lowest BCUT2D eigenvalue weighted by Gasteiger charge is -2.10. The molecule has 0 bridgehead atoms. The van der Waals surface area contributed by atoms with Crippen LogP contribution in [-0.4, -0.2) is 25.2 Å². The zero-order chi connectivity index (χ0) is 19.7. The molecule has 0 radical (unpaired) electrons. The highest BCUT2D eigenvalue weighted by molar-refractivity contribution is 5.91. The summed E-state index contributed by atoms with van der Waals surface area (Å²) >= 11 is 0. The second kappa shape index (κ2) is 7.26. The molecule has 0 saturated carbocycles. The van der Waals surface area contributed by atoms with Crippen LogP contribution in [0.25, 0.3) is 11.0 Å². The minimum Gasteiger partial charge on any atom is -0.321 e. The quantitative estimate of drug-likeness (QED) is 0.577. The first-order valence-electron chi connectivity index (χ1n) is 8.98. The molecule has 2 aromatic heterocycles. The molecule has 1 amide bonds. The molecule has 142 valence electrons. The van der Waals surface area contributed by atoms with Crippen LogP contribution in [0.2, 0.25) is 0 Å². The van der Waals surface area contributed by atoms with E-state index >= 15 is 0 Å². The van der Waals surface area contributed by atoms with Gasteiger partial charge >= 0.3 is 0 Å². The molecule has 0 unspecified atom stereocenters. The zero-order valence-electron chi connectivity index (χ0n) is 15.7. The summed E-state index contributed by atoms with van der Waals surface area (Å²) in [7, 11) is 0. The van der Waals surface area contributed by atoms with Crippen molar-refractivity contribution >= 4 is 22.8 Å². The number of fused-ring (bicyclic) bond motifs is 1. The summed E-state index contributed by atoms with van der Waals surface area (Å²) in [6.45, 7) is 4.59. The number of nitrogens with one attached hydrogen (secondary N) is 1. The lowest BCUT2D eigenvalue weighted by molar-refractivity contribution is -0.116. The average molecular weight is 377 g/mol. The number of benzene rings is 2. The monoisotopic (exact) mass is 377 g/mol. The van der Waals surface area contributed by atoms with Crippen molar-refractivity contribution in [1.29, 1.82) is 0 Å². The number of anilines is 1.